The summed E-state index contributed by atoms with van der Waals surface area (Å²) in [4.78, 5) is 5.07. The SMILES string of the molecule is CC(C)(C)C1=CCC=C(N(c2ccc(C(C)(C)C)cc2)c2ccc3c(c2)C(c2ccccc2)(c2ccccc2)c2cc(N(c4ccc(C(C)(C)C)cc4)c4ccc(C(C)(C)C)cc4)c4c(c2-3)C(C)(C)c2ccccc2-4)C=C1. The lowest BCUT2D eigenvalue weighted by Gasteiger charge is -2.37. The van der Waals surface area contributed by atoms with E-state index in [0.29, 0.717) is 0 Å². The standard InChI is InChI=1S/C75H78N2/c1-70(2,3)50-28-23-29-56(39-32-50)76(57-40-33-51(34-41-57)71(4,5)6)60-46-47-62-64(48-60)75(54-24-17-15-18-25-54,55-26-19-16-20-27-55)65-49-66(68-61-30-21-22-31-63(61)74(13,14)69(68)67(62)65)77(58-42-35-52(36-43-58)72(7,8)9)59-44-37-53(38-45-59)73(10,11)12/h15-22,24-49H,23H2,1-14H3. The number of rotatable bonds is 8. The van der Waals surface area contributed by atoms with Crippen LogP contribution in [0.4, 0.5) is 28.4 Å². The second-order valence-electron chi connectivity index (χ2n) is 26.6. The summed E-state index contributed by atoms with van der Waals surface area (Å²) in [6.07, 6.45) is 10.4. The van der Waals surface area contributed by atoms with E-state index in [1.807, 2.05) is 0 Å². The molecule has 0 bridgehead atoms. The largest absolute Gasteiger partial charge is 0.311 e. The van der Waals surface area contributed by atoms with Gasteiger partial charge in [0.1, 0.15) is 0 Å². The van der Waals surface area contributed by atoms with E-state index in [1.165, 1.54) is 83.6 Å². The Morgan fingerprint density at radius 1 is 0.377 bits per heavy atom. The lowest BCUT2D eigenvalue weighted by molar-refractivity contribution is 0.515. The highest BCUT2D eigenvalue weighted by Crippen LogP contribution is 2.66. The molecule has 8 aromatic carbocycles. The van der Waals surface area contributed by atoms with Crippen LogP contribution in [-0.4, -0.2) is 0 Å². The van der Waals surface area contributed by atoms with Crippen LogP contribution in [0.25, 0.3) is 22.3 Å². The predicted molar refractivity (Wildman–Crippen MR) is 330 cm³/mol. The third-order valence-corrected chi connectivity index (χ3v) is 17.0. The minimum atomic E-state index is -0.716. The van der Waals surface area contributed by atoms with Crippen LogP contribution in [-0.2, 0) is 27.1 Å². The number of hydrogen-bond donors (Lipinski definition) is 0. The van der Waals surface area contributed by atoms with Gasteiger partial charge in [-0.3, -0.25) is 0 Å². The van der Waals surface area contributed by atoms with Crippen molar-refractivity contribution in [3.8, 4) is 22.3 Å². The van der Waals surface area contributed by atoms with Crippen LogP contribution < -0.4 is 9.80 Å². The molecule has 2 nitrogen and oxygen atoms in total. The molecule has 8 aromatic rings. The van der Waals surface area contributed by atoms with Crippen molar-refractivity contribution < 1.29 is 0 Å². The average molecular weight is 1010 g/mol. The van der Waals surface area contributed by atoms with Gasteiger partial charge in [-0.05, 0) is 161 Å². The fourth-order valence-corrected chi connectivity index (χ4v) is 12.8. The van der Waals surface area contributed by atoms with Gasteiger partial charge in [0.15, 0.2) is 0 Å². The molecule has 3 aliphatic carbocycles. The molecular weight excluding hydrogens is 929 g/mol. The molecule has 0 unspecified atom stereocenters. The van der Waals surface area contributed by atoms with Crippen molar-refractivity contribution in [1.29, 1.82) is 0 Å². The van der Waals surface area contributed by atoms with E-state index in [9.17, 15) is 0 Å². The number of hydrogen-bond acceptors (Lipinski definition) is 2. The zero-order chi connectivity index (χ0) is 54.5. The van der Waals surface area contributed by atoms with Crippen molar-refractivity contribution in [2.24, 2.45) is 5.41 Å². The third kappa shape index (κ3) is 8.83. The Hall–Kier alpha value is -7.42. The second kappa shape index (κ2) is 18.7. The lowest BCUT2D eigenvalue weighted by Crippen LogP contribution is -2.29. The first-order valence-electron chi connectivity index (χ1n) is 28.1. The molecule has 77 heavy (non-hydrogen) atoms. The fraction of sp³-hybridized carbons (Fsp3) is 0.280. The normalized spacial score (nSPS) is 15.4. The Bertz CT molecular complexity index is 3510. The van der Waals surface area contributed by atoms with Crippen molar-refractivity contribution in [3.63, 3.8) is 0 Å². The van der Waals surface area contributed by atoms with Gasteiger partial charge in [-0.1, -0.05) is 243 Å². The Labute approximate surface area is 461 Å². The molecule has 0 fully saturated rings. The summed E-state index contributed by atoms with van der Waals surface area (Å²) in [5, 5.41) is 0. The fourth-order valence-electron chi connectivity index (χ4n) is 12.8. The molecule has 0 N–H and O–H groups in total. The maximum absolute atomic E-state index is 2.61. The summed E-state index contributed by atoms with van der Waals surface area (Å²) in [7, 11) is 0. The summed E-state index contributed by atoms with van der Waals surface area (Å²) < 4.78 is 0. The smallest absolute Gasteiger partial charge is 0.0715 e. The van der Waals surface area contributed by atoms with Crippen molar-refractivity contribution >= 4 is 28.4 Å². The van der Waals surface area contributed by atoms with Crippen LogP contribution in [0.3, 0.4) is 0 Å². The van der Waals surface area contributed by atoms with Gasteiger partial charge in [0.2, 0.25) is 0 Å². The van der Waals surface area contributed by atoms with E-state index in [1.54, 1.807) is 0 Å². The van der Waals surface area contributed by atoms with E-state index in [0.717, 1.165) is 34.9 Å². The minimum absolute atomic E-state index is 0.00580. The summed E-state index contributed by atoms with van der Waals surface area (Å²) in [5.41, 5.74) is 24.2. The molecule has 3 aliphatic rings. The molecule has 2 heteroatoms. The summed E-state index contributed by atoms with van der Waals surface area (Å²) in [6.45, 7) is 32.6. The van der Waals surface area contributed by atoms with Gasteiger partial charge < -0.3 is 9.80 Å². The van der Waals surface area contributed by atoms with Gasteiger partial charge in [-0.15, -0.1) is 0 Å². The molecule has 0 saturated heterocycles. The highest BCUT2D eigenvalue weighted by atomic mass is 15.2. The first kappa shape index (κ1) is 51.7. The monoisotopic (exact) mass is 1010 g/mol. The number of allylic oxidation sites excluding steroid dienone is 5. The molecule has 0 spiro atoms. The summed E-state index contributed by atoms with van der Waals surface area (Å²) >= 11 is 0. The van der Waals surface area contributed by atoms with Gasteiger partial charge in [0, 0.05) is 39.4 Å². The molecule has 0 radical (unpaired) electrons. The van der Waals surface area contributed by atoms with Crippen molar-refractivity contribution in [1.82, 2.24) is 0 Å². The van der Waals surface area contributed by atoms with Crippen molar-refractivity contribution in [3.05, 3.63) is 268 Å². The van der Waals surface area contributed by atoms with Crippen LogP contribution in [0.15, 0.2) is 218 Å². The number of fused-ring (bicyclic) bond motifs is 7. The predicted octanol–water partition coefficient (Wildman–Crippen LogP) is 20.7. The maximum Gasteiger partial charge on any atom is 0.0715 e. The van der Waals surface area contributed by atoms with Crippen LogP contribution in [0.1, 0.15) is 153 Å². The number of anilines is 5. The number of benzene rings is 8. The van der Waals surface area contributed by atoms with Gasteiger partial charge in [0.25, 0.3) is 0 Å². The molecule has 0 aliphatic heterocycles. The molecule has 0 amide bonds. The van der Waals surface area contributed by atoms with Gasteiger partial charge in [0.05, 0.1) is 11.1 Å². The van der Waals surface area contributed by atoms with E-state index in [2.05, 4.69) is 313 Å². The zero-order valence-electron chi connectivity index (χ0n) is 48.2. The molecule has 0 aromatic heterocycles. The molecular formula is C75H78N2. The lowest BCUT2D eigenvalue weighted by atomic mass is 9.67. The molecule has 0 atom stereocenters. The summed E-state index contributed by atoms with van der Waals surface area (Å²) in [6, 6.07) is 70.1. The molecule has 0 heterocycles. The Morgan fingerprint density at radius 3 is 1.32 bits per heavy atom. The van der Waals surface area contributed by atoms with Crippen molar-refractivity contribution in [2.75, 3.05) is 9.80 Å². The van der Waals surface area contributed by atoms with E-state index >= 15 is 0 Å². The van der Waals surface area contributed by atoms with Crippen LogP contribution in [0.2, 0.25) is 0 Å². The van der Waals surface area contributed by atoms with Crippen LogP contribution >= 0.6 is 0 Å². The maximum atomic E-state index is 2.61. The average Bonchev–Trinajstić information content (AvgIpc) is 3.94. The first-order valence-corrected chi connectivity index (χ1v) is 28.1. The topological polar surface area (TPSA) is 6.48 Å². The highest BCUT2D eigenvalue weighted by molar-refractivity contribution is 6.04. The molecule has 388 valence electrons. The number of nitrogens with zero attached hydrogens (tertiary/aromatic N) is 2. The van der Waals surface area contributed by atoms with Gasteiger partial charge >= 0.3 is 0 Å². The van der Waals surface area contributed by atoms with Crippen molar-refractivity contribution in [2.45, 2.75) is 130 Å². The quantitative estimate of drug-likeness (QED) is 0.150. The van der Waals surface area contributed by atoms with Gasteiger partial charge in [-0.25, -0.2) is 0 Å². The summed E-state index contributed by atoms with van der Waals surface area (Å²) in [5.74, 6) is 0. The third-order valence-electron chi connectivity index (χ3n) is 17.0. The van der Waals surface area contributed by atoms with Crippen LogP contribution in [0, 0.1) is 5.41 Å². The van der Waals surface area contributed by atoms with E-state index < -0.39 is 5.41 Å². The van der Waals surface area contributed by atoms with E-state index in [-0.39, 0.29) is 27.1 Å². The second-order valence-corrected chi connectivity index (χ2v) is 26.6. The Kier molecular flexibility index (Phi) is 12.5. The highest BCUT2D eigenvalue weighted by Gasteiger charge is 2.52. The molecule has 0 saturated carbocycles. The zero-order valence-corrected chi connectivity index (χ0v) is 48.2. The molecule has 11 rings (SSSR count). The minimum Gasteiger partial charge on any atom is -0.311 e. The van der Waals surface area contributed by atoms with Crippen LogP contribution in [0.5, 0.6) is 0 Å². The Morgan fingerprint density at radius 2 is 0.831 bits per heavy atom. The van der Waals surface area contributed by atoms with E-state index in [4.69, 9.17) is 0 Å². The van der Waals surface area contributed by atoms with Gasteiger partial charge in [-0.2, -0.15) is 0 Å². The Balaban J connectivity index is 1.25. The first-order chi connectivity index (χ1) is 36.5.